The van der Waals surface area contributed by atoms with Gasteiger partial charge in [-0.1, -0.05) is 42.5 Å². The molecule has 0 bridgehead atoms. The molecule has 0 aliphatic carbocycles. The predicted molar refractivity (Wildman–Crippen MR) is 93.8 cm³/mol. The maximum Gasteiger partial charge on any atom is 0.145 e. The molecule has 0 unspecified atom stereocenters. The quantitative estimate of drug-likeness (QED) is 0.517. The molecule has 0 N–H and O–H groups in total. The van der Waals surface area contributed by atoms with Crippen LogP contribution in [0.3, 0.4) is 0 Å². The minimum absolute atomic E-state index is 0.934. The van der Waals surface area contributed by atoms with Crippen molar-refractivity contribution in [1.82, 2.24) is 9.55 Å². The van der Waals surface area contributed by atoms with Crippen LogP contribution in [-0.2, 0) is 0 Å². The smallest absolute Gasteiger partial charge is 0.145 e. The number of nitrogens with zero attached hydrogens (tertiary/aromatic N) is 2. The van der Waals surface area contributed by atoms with Crippen molar-refractivity contribution in [2.24, 2.45) is 0 Å². The lowest BCUT2D eigenvalue weighted by molar-refractivity contribution is 1.10. The van der Waals surface area contributed by atoms with Gasteiger partial charge in [0, 0.05) is 16.1 Å². The summed E-state index contributed by atoms with van der Waals surface area (Å²) in [6.45, 7) is 0. The van der Waals surface area contributed by atoms with Gasteiger partial charge >= 0.3 is 0 Å². The Bertz CT molecular complexity index is 942. The standard InChI is InChI=1S/C19H14N2S/c22-16-10-6-7-14(13-16)19-20-17-11-4-5-12-18(17)21(19)15-8-2-1-3-9-15/h1-13,22H. The molecule has 0 spiro atoms. The minimum atomic E-state index is 0.934. The molecule has 0 saturated heterocycles. The summed E-state index contributed by atoms with van der Waals surface area (Å²) in [5.41, 5.74) is 4.27. The molecule has 3 aromatic carbocycles. The first-order valence-electron chi connectivity index (χ1n) is 7.15. The first-order chi connectivity index (χ1) is 10.8. The van der Waals surface area contributed by atoms with E-state index >= 15 is 0 Å². The molecule has 1 heterocycles. The van der Waals surface area contributed by atoms with Gasteiger partial charge in [-0.2, -0.15) is 0 Å². The third-order valence-corrected chi connectivity index (χ3v) is 3.96. The Morgan fingerprint density at radius 1 is 0.773 bits per heavy atom. The van der Waals surface area contributed by atoms with E-state index in [1.54, 1.807) is 0 Å². The van der Waals surface area contributed by atoms with Crippen molar-refractivity contribution in [3.63, 3.8) is 0 Å². The van der Waals surface area contributed by atoms with Gasteiger partial charge in [0.05, 0.1) is 11.0 Å². The molecule has 3 heteroatoms. The molecule has 0 fully saturated rings. The number of thiol groups is 1. The zero-order chi connectivity index (χ0) is 14.9. The van der Waals surface area contributed by atoms with Crippen molar-refractivity contribution < 1.29 is 0 Å². The van der Waals surface area contributed by atoms with Gasteiger partial charge in [0.15, 0.2) is 0 Å². The number of rotatable bonds is 2. The Morgan fingerprint density at radius 2 is 1.55 bits per heavy atom. The highest BCUT2D eigenvalue weighted by Crippen LogP contribution is 2.29. The van der Waals surface area contributed by atoms with Gasteiger partial charge in [-0.15, -0.1) is 12.6 Å². The van der Waals surface area contributed by atoms with Crippen LogP contribution in [0.15, 0.2) is 83.8 Å². The zero-order valence-corrected chi connectivity index (χ0v) is 12.7. The number of para-hydroxylation sites is 3. The summed E-state index contributed by atoms with van der Waals surface area (Å²) in [6, 6.07) is 26.6. The fourth-order valence-electron chi connectivity index (χ4n) is 2.70. The van der Waals surface area contributed by atoms with Crippen LogP contribution >= 0.6 is 12.6 Å². The van der Waals surface area contributed by atoms with Gasteiger partial charge in [0.25, 0.3) is 0 Å². The van der Waals surface area contributed by atoms with Crippen LogP contribution in [0.2, 0.25) is 0 Å². The van der Waals surface area contributed by atoms with E-state index in [0.717, 1.165) is 33.0 Å². The minimum Gasteiger partial charge on any atom is -0.292 e. The molecule has 0 aliphatic rings. The van der Waals surface area contributed by atoms with E-state index in [2.05, 4.69) is 41.5 Å². The van der Waals surface area contributed by atoms with E-state index in [0.29, 0.717) is 0 Å². The van der Waals surface area contributed by atoms with Crippen LogP contribution in [0.4, 0.5) is 0 Å². The number of aromatic nitrogens is 2. The van der Waals surface area contributed by atoms with Crippen molar-refractivity contribution in [2.45, 2.75) is 4.90 Å². The molecule has 0 radical (unpaired) electrons. The van der Waals surface area contributed by atoms with E-state index in [4.69, 9.17) is 4.98 Å². The average Bonchev–Trinajstić information content (AvgIpc) is 2.95. The summed E-state index contributed by atoms with van der Waals surface area (Å²) in [6.07, 6.45) is 0. The van der Waals surface area contributed by atoms with E-state index < -0.39 is 0 Å². The van der Waals surface area contributed by atoms with Crippen LogP contribution < -0.4 is 0 Å². The second-order valence-corrected chi connectivity index (χ2v) is 5.66. The predicted octanol–water partition coefficient (Wildman–Crippen LogP) is 4.98. The van der Waals surface area contributed by atoms with Gasteiger partial charge in [0.2, 0.25) is 0 Å². The fraction of sp³-hybridized carbons (Fsp3) is 0. The first kappa shape index (κ1) is 13.2. The van der Waals surface area contributed by atoms with Crippen LogP contribution in [0.1, 0.15) is 0 Å². The topological polar surface area (TPSA) is 17.8 Å². The second kappa shape index (κ2) is 5.35. The molecule has 0 atom stereocenters. The number of hydrogen-bond donors (Lipinski definition) is 1. The van der Waals surface area contributed by atoms with E-state index in [1.165, 1.54) is 0 Å². The van der Waals surface area contributed by atoms with Crippen LogP contribution in [0.25, 0.3) is 28.1 Å². The number of hydrogen-bond acceptors (Lipinski definition) is 2. The zero-order valence-electron chi connectivity index (χ0n) is 11.8. The maximum atomic E-state index is 4.83. The van der Waals surface area contributed by atoms with Gasteiger partial charge < -0.3 is 0 Å². The Balaban J connectivity index is 2.06. The molecule has 22 heavy (non-hydrogen) atoms. The highest BCUT2D eigenvalue weighted by Gasteiger charge is 2.13. The van der Waals surface area contributed by atoms with Crippen molar-refractivity contribution >= 4 is 23.7 Å². The summed E-state index contributed by atoms with van der Waals surface area (Å²) in [7, 11) is 0. The fourth-order valence-corrected chi connectivity index (χ4v) is 2.93. The number of benzene rings is 3. The van der Waals surface area contributed by atoms with Gasteiger partial charge in [0.1, 0.15) is 5.82 Å². The summed E-state index contributed by atoms with van der Waals surface area (Å²) in [5.74, 6) is 0.934. The maximum absolute atomic E-state index is 4.83. The molecule has 0 amide bonds. The Labute approximate surface area is 134 Å². The summed E-state index contributed by atoms with van der Waals surface area (Å²) >= 11 is 4.45. The molecule has 4 aromatic rings. The van der Waals surface area contributed by atoms with Crippen molar-refractivity contribution in [3.05, 3.63) is 78.9 Å². The molecule has 1 aromatic heterocycles. The largest absolute Gasteiger partial charge is 0.292 e. The molecule has 0 aliphatic heterocycles. The summed E-state index contributed by atoms with van der Waals surface area (Å²) in [5, 5.41) is 0. The first-order valence-corrected chi connectivity index (χ1v) is 7.60. The highest BCUT2D eigenvalue weighted by molar-refractivity contribution is 7.80. The Hall–Kier alpha value is -2.52. The normalized spacial score (nSPS) is 11.0. The summed E-state index contributed by atoms with van der Waals surface area (Å²) < 4.78 is 2.19. The molecule has 0 saturated carbocycles. The van der Waals surface area contributed by atoms with Crippen molar-refractivity contribution in [3.8, 4) is 17.1 Å². The second-order valence-electron chi connectivity index (χ2n) is 5.15. The highest BCUT2D eigenvalue weighted by atomic mass is 32.1. The van der Waals surface area contributed by atoms with Crippen molar-refractivity contribution in [2.75, 3.05) is 0 Å². The van der Waals surface area contributed by atoms with Gasteiger partial charge in [-0.25, -0.2) is 4.98 Å². The summed E-state index contributed by atoms with van der Waals surface area (Å²) in [4.78, 5) is 5.76. The lowest BCUT2D eigenvalue weighted by Gasteiger charge is -2.09. The Kier molecular flexibility index (Phi) is 3.20. The van der Waals surface area contributed by atoms with E-state index in [-0.39, 0.29) is 0 Å². The van der Waals surface area contributed by atoms with Gasteiger partial charge in [-0.3, -0.25) is 4.57 Å². The molecular weight excluding hydrogens is 288 g/mol. The van der Waals surface area contributed by atoms with E-state index in [1.807, 2.05) is 54.6 Å². The van der Waals surface area contributed by atoms with Crippen molar-refractivity contribution in [1.29, 1.82) is 0 Å². The third-order valence-electron chi connectivity index (χ3n) is 3.68. The average molecular weight is 302 g/mol. The number of imidazole rings is 1. The van der Waals surface area contributed by atoms with Crippen LogP contribution in [0, 0.1) is 0 Å². The molecular formula is C19H14N2S. The third kappa shape index (κ3) is 2.20. The van der Waals surface area contributed by atoms with E-state index in [9.17, 15) is 0 Å². The number of fused-ring (bicyclic) bond motifs is 1. The monoisotopic (exact) mass is 302 g/mol. The lowest BCUT2D eigenvalue weighted by Crippen LogP contribution is -1.97. The van der Waals surface area contributed by atoms with Gasteiger partial charge in [-0.05, 0) is 36.4 Å². The molecule has 4 rings (SSSR count). The van der Waals surface area contributed by atoms with Crippen LogP contribution in [-0.4, -0.2) is 9.55 Å². The van der Waals surface area contributed by atoms with Crippen LogP contribution in [0.5, 0.6) is 0 Å². The SMILES string of the molecule is Sc1cccc(-c2nc3ccccc3n2-c2ccccc2)c1. The Morgan fingerprint density at radius 3 is 2.36 bits per heavy atom. The lowest BCUT2D eigenvalue weighted by atomic mass is 10.2. The molecule has 106 valence electrons. The molecule has 2 nitrogen and oxygen atoms in total.